The quantitative estimate of drug-likeness (QED) is 0.712. The number of carbonyl (C=O) groups is 3. The maximum atomic E-state index is 11.9. The number of esters is 1. The monoisotopic (exact) mass is 336 g/mol. The van der Waals surface area contributed by atoms with Gasteiger partial charge >= 0.3 is 12.1 Å². The second kappa shape index (κ2) is 10.3. The molecule has 0 fully saturated rings. The molecule has 0 radical (unpaired) electrons. The van der Waals surface area contributed by atoms with Gasteiger partial charge in [-0.05, 0) is 44.0 Å². The number of carbonyl (C=O) groups excluding carboxylic acids is 3. The van der Waals surface area contributed by atoms with Gasteiger partial charge in [-0.1, -0.05) is 13.8 Å². The molecule has 0 heterocycles. The third kappa shape index (κ3) is 6.68. The Morgan fingerprint density at radius 3 is 2.17 bits per heavy atom. The molecule has 0 aromatic heterocycles. The SMILES string of the molecule is CCOC(=O)Nc1ccc(C(=O)OCC(=O)NC(CC)CC)cc1. The first-order valence-electron chi connectivity index (χ1n) is 8.00. The van der Waals surface area contributed by atoms with Gasteiger partial charge in [0.05, 0.1) is 12.2 Å². The predicted octanol–water partition coefficient (Wildman–Crippen LogP) is 2.72. The van der Waals surface area contributed by atoms with Crippen LogP contribution in [0.1, 0.15) is 44.0 Å². The molecule has 7 nitrogen and oxygen atoms in total. The summed E-state index contributed by atoms with van der Waals surface area (Å²) in [5, 5.41) is 5.30. The highest BCUT2D eigenvalue weighted by molar-refractivity contribution is 5.92. The van der Waals surface area contributed by atoms with E-state index in [-0.39, 0.29) is 25.2 Å². The Morgan fingerprint density at radius 2 is 1.62 bits per heavy atom. The predicted molar refractivity (Wildman–Crippen MR) is 89.9 cm³/mol. The maximum absolute atomic E-state index is 11.9. The molecule has 0 aliphatic rings. The van der Waals surface area contributed by atoms with Gasteiger partial charge in [-0.25, -0.2) is 9.59 Å². The molecule has 0 bridgehead atoms. The van der Waals surface area contributed by atoms with Crippen molar-refractivity contribution in [3.63, 3.8) is 0 Å². The van der Waals surface area contributed by atoms with E-state index in [1.807, 2.05) is 13.8 Å². The summed E-state index contributed by atoms with van der Waals surface area (Å²) in [7, 11) is 0. The lowest BCUT2D eigenvalue weighted by molar-refractivity contribution is -0.125. The summed E-state index contributed by atoms with van der Waals surface area (Å²) >= 11 is 0. The van der Waals surface area contributed by atoms with Crippen LogP contribution < -0.4 is 10.6 Å². The van der Waals surface area contributed by atoms with Crippen molar-refractivity contribution < 1.29 is 23.9 Å². The number of hydrogen-bond donors (Lipinski definition) is 2. The Kier molecular flexibility index (Phi) is 8.32. The number of amides is 2. The second-order valence-corrected chi connectivity index (χ2v) is 5.08. The summed E-state index contributed by atoms with van der Waals surface area (Å²) in [5.74, 6) is -0.921. The van der Waals surface area contributed by atoms with Crippen molar-refractivity contribution in [3.05, 3.63) is 29.8 Å². The van der Waals surface area contributed by atoms with Crippen LogP contribution in [0.3, 0.4) is 0 Å². The van der Waals surface area contributed by atoms with Crippen LogP contribution in [-0.4, -0.2) is 37.2 Å². The lowest BCUT2D eigenvalue weighted by Gasteiger charge is -2.14. The van der Waals surface area contributed by atoms with Gasteiger partial charge in [-0.3, -0.25) is 10.1 Å². The minimum atomic E-state index is -0.600. The molecule has 0 saturated carbocycles. The largest absolute Gasteiger partial charge is 0.452 e. The van der Waals surface area contributed by atoms with Gasteiger partial charge in [0.15, 0.2) is 6.61 Å². The maximum Gasteiger partial charge on any atom is 0.411 e. The molecule has 0 atom stereocenters. The fraction of sp³-hybridized carbons (Fsp3) is 0.471. The van der Waals surface area contributed by atoms with Crippen molar-refractivity contribution in [1.29, 1.82) is 0 Å². The average molecular weight is 336 g/mol. The highest BCUT2D eigenvalue weighted by Gasteiger charge is 2.13. The van der Waals surface area contributed by atoms with E-state index in [9.17, 15) is 14.4 Å². The average Bonchev–Trinajstić information content (AvgIpc) is 2.58. The number of rotatable bonds is 8. The van der Waals surface area contributed by atoms with Gasteiger partial charge in [-0.2, -0.15) is 0 Å². The van der Waals surface area contributed by atoms with E-state index in [0.717, 1.165) is 12.8 Å². The second-order valence-electron chi connectivity index (χ2n) is 5.08. The van der Waals surface area contributed by atoms with Crippen LogP contribution in [0.15, 0.2) is 24.3 Å². The van der Waals surface area contributed by atoms with Crippen LogP contribution in [0.4, 0.5) is 10.5 Å². The molecule has 0 spiro atoms. The van der Waals surface area contributed by atoms with Crippen LogP contribution in [0.2, 0.25) is 0 Å². The normalized spacial score (nSPS) is 10.2. The molecular formula is C17H24N2O5. The van der Waals surface area contributed by atoms with Crippen LogP contribution >= 0.6 is 0 Å². The van der Waals surface area contributed by atoms with Gasteiger partial charge in [0.1, 0.15) is 0 Å². The first-order valence-corrected chi connectivity index (χ1v) is 8.00. The molecule has 2 amide bonds. The minimum Gasteiger partial charge on any atom is -0.452 e. The molecule has 2 N–H and O–H groups in total. The zero-order valence-corrected chi connectivity index (χ0v) is 14.3. The Morgan fingerprint density at radius 1 is 1.00 bits per heavy atom. The fourth-order valence-corrected chi connectivity index (χ4v) is 1.95. The Labute approximate surface area is 141 Å². The van der Waals surface area contributed by atoms with Crippen molar-refractivity contribution in [2.75, 3.05) is 18.5 Å². The Balaban J connectivity index is 2.48. The van der Waals surface area contributed by atoms with Gasteiger partial charge in [0.25, 0.3) is 5.91 Å². The van der Waals surface area contributed by atoms with Crippen LogP contribution in [0.5, 0.6) is 0 Å². The van der Waals surface area contributed by atoms with E-state index >= 15 is 0 Å². The first-order chi connectivity index (χ1) is 11.5. The number of nitrogens with one attached hydrogen (secondary N) is 2. The van der Waals surface area contributed by atoms with E-state index < -0.39 is 12.1 Å². The molecule has 7 heteroatoms. The molecule has 1 rings (SSSR count). The Bertz CT molecular complexity index is 553. The topological polar surface area (TPSA) is 93.7 Å². The van der Waals surface area contributed by atoms with E-state index in [1.165, 1.54) is 12.1 Å². The van der Waals surface area contributed by atoms with Crippen molar-refractivity contribution in [1.82, 2.24) is 5.32 Å². The molecule has 0 aliphatic heterocycles. The van der Waals surface area contributed by atoms with E-state index in [2.05, 4.69) is 10.6 Å². The minimum absolute atomic E-state index is 0.0874. The number of anilines is 1. The smallest absolute Gasteiger partial charge is 0.411 e. The molecule has 1 aromatic carbocycles. The van der Waals surface area contributed by atoms with Crippen molar-refractivity contribution in [2.24, 2.45) is 0 Å². The highest BCUT2D eigenvalue weighted by atomic mass is 16.5. The number of ether oxygens (including phenoxy) is 2. The van der Waals surface area contributed by atoms with Crippen LogP contribution in [0.25, 0.3) is 0 Å². The van der Waals surface area contributed by atoms with E-state index in [0.29, 0.717) is 11.3 Å². The molecular weight excluding hydrogens is 312 g/mol. The van der Waals surface area contributed by atoms with Crippen molar-refractivity contribution in [2.45, 2.75) is 39.7 Å². The van der Waals surface area contributed by atoms with Crippen LogP contribution in [0, 0.1) is 0 Å². The van der Waals surface area contributed by atoms with Gasteiger partial charge < -0.3 is 14.8 Å². The first kappa shape index (κ1) is 19.5. The summed E-state index contributed by atoms with van der Waals surface area (Å²) in [6, 6.07) is 6.20. The molecule has 0 unspecified atom stereocenters. The molecule has 1 aromatic rings. The fourth-order valence-electron chi connectivity index (χ4n) is 1.95. The third-order valence-corrected chi connectivity index (χ3v) is 3.33. The summed E-state index contributed by atoms with van der Waals surface area (Å²) in [4.78, 5) is 34.9. The summed E-state index contributed by atoms with van der Waals surface area (Å²) in [6.45, 7) is 5.62. The number of benzene rings is 1. The zero-order chi connectivity index (χ0) is 17.9. The van der Waals surface area contributed by atoms with Gasteiger partial charge in [0, 0.05) is 11.7 Å². The summed E-state index contributed by atoms with van der Waals surface area (Å²) in [5.41, 5.74) is 0.788. The van der Waals surface area contributed by atoms with Crippen molar-refractivity contribution in [3.8, 4) is 0 Å². The lowest BCUT2D eigenvalue weighted by atomic mass is 10.2. The zero-order valence-electron chi connectivity index (χ0n) is 14.3. The molecule has 0 saturated heterocycles. The molecule has 132 valence electrons. The third-order valence-electron chi connectivity index (χ3n) is 3.33. The summed E-state index contributed by atoms with van der Waals surface area (Å²) in [6.07, 6.45) is 1.09. The van der Waals surface area contributed by atoms with Gasteiger partial charge in [-0.15, -0.1) is 0 Å². The van der Waals surface area contributed by atoms with Crippen molar-refractivity contribution >= 4 is 23.7 Å². The number of hydrogen-bond acceptors (Lipinski definition) is 5. The summed E-state index contributed by atoms with van der Waals surface area (Å²) < 4.78 is 9.73. The van der Waals surface area contributed by atoms with E-state index in [1.54, 1.807) is 19.1 Å². The Hall–Kier alpha value is -2.57. The standard InChI is InChI=1S/C17H24N2O5/c1-4-13(5-2)18-15(20)11-24-16(21)12-7-9-14(10-8-12)19-17(22)23-6-3/h7-10,13H,4-6,11H2,1-3H3,(H,18,20)(H,19,22). The van der Waals surface area contributed by atoms with Crippen LogP contribution in [-0.2, 0) is 14.3 Å². The molecule has 0 aliphatic carbocycles. The highest BCUT2D eigenvalue weighted by Crippen LogP contribution is 2.11. The molecule has 24 heavy (non-hydrogen) atoms. The lowest BCUT2D eigenvalue weighted by Crippen LogP contribution is -2.36. The van der Waals surface area contributed by atoms with E-state index in [4.69, 9.17) is 9.47 Å². The van der Waals surface area contributed by atoms with Gasteiger partial charge in [0.2, 0.25) is 0 Å².